The summed E-state index contributed by atoms with van der Waals surface area (Å²) in [7, 11) is 3.45. The van der Waals surface area contributed by atoms with E-state index in [2.05, 4.69) is 57.5 Å². The lowest BCUT2D eigenvalue weighted by Crippen LogP contribution is -2.33. The Morgan fingerprint density at radius 1 is 1.10 bits per heavy atom. The second-order valence-electron chi connectivity index (χ2n) is 7.32. The Bertz CT molecular complexity index is 1070. The number of nitrogens with zero attached hydrogens (tertiary/aromatic N) is 4. The van der Waals surface area contributed by atoms with E-state index in [4.69, 9.17) is 9.72 Å². The van der Waals surface area contributed by atoms with Crippen molar-refractivity contribution < 1.29 is 4.74 Å². The maximum absolute atomic E-state index is 5.48. The first kappa shape index (κ1) is 19.9. The molecule has 154 valence electrons. The molecule has 1 aliphatic rings. The molecular formula is C24H27N5O. The van der Waals surface area contributed by atoms with Crippen molar-refractivity contribution in [3.8, 4) is 16.9 Å². The first-order valence-corrected chi connectivity index (χ1v) is 10.3. The number of anilines is 1. The number of rotatable bonds is 5. The third kappa shape index (κ3) is 3.73. The molecule has 4 rings (SSSR count). The second-order valence-corrected chi connectivity index (χ2v) is 7.32. The fraction of sp³-hybridized carbons (Fsp3) is 0.292. The quantitative estimate of drug-likeness (QED) is 0.389. The normalized spacial score (nSPS) is 14.6. The van der Waals surface area contributed by atoms with Crippen LogP contribution in [0.25, 0.3) is 22.0 Å². The molecule has 3 aromatic rings. The Labute approximate surface area is 177 Å². The van der Waals surface area contributed by atoms with Crippen LogP contribution < -0.4 is 15.1 Å². The molecule has 1 saturated heterocycles. The van der Waals surface area contributed by atoms with E-state index in [1.54, 1.807) is 14.2 Å². The predicted octanol–water partition coefficient (Wildman–Crippen LogP) is 4.48. The molecule has 0 unspecified atom stereocenters. The van der Waals surface area contributed by atoms with Gasteiger partial charge in [0, 0.05) is 43.9 Å². The number of fused-ring (bicyclic) bond motifs is 1. The lowest BCUT2D eigenvalue weighted by Gasteiger charge is -2.31. The molecule has 0 bridgehead atoms. The number of hydrogen-bond acceptors (Lipinski definition) is 5. The van der Waals surface area contributed by atoms with Crippen LogP contribution in [-0.4, -0.2) is 44.8 Å². The summed E-state index contributed by atoms with van der Waals surface area (Å²) in [6, 6.07) is 16.4. The zero-order chi connectivity index (χ0) is 20.9. The van der Waals surface area contributed by atoms with Gasteiger partial charge >= 0.3 is 0 Å². The van der Waals surface area contributed by atoms with Crippen LogP contribution in [0.4, 0.5) is 5.82 Å². The van der Waals surface area contributed by atoms with Gasteiger partial charge in [0.2, 0.25) is 0 Å². The summed E-state index contributed by atoms with van der Waals surface area (Å²) >= 11 is 0. The fourth-order valence-electron chi connectivity index (χ4n) is 4.11. The summed E-state index contributed by atoms with van der Waals surface area (Å²) in [5.74, 6) is 2.38. The number of hydrogen-bond donors (Lipinski definition) is 1. The SMILES string of the molecule is C=NNC(=NC)c1c(N2CCCCC2)nc2cc(OC)ccc2c1-c1ccccc1. The molecule has 0 atom stereocenters. The molecule has 0 radical (unpaired) electrons. The van der Waals surface area contributed by atoms with Crippen molar-refractivity contribution in [2.24, 2.45) is 10.1 Å². The minimum atomic E-state index is 0.662. The molecule has 6 heteroatoms. The average molecular weight is 402 g/mol. The van der Waals surface area contributed by atoms with Gasteiger partial charge in [-0.3, -0.25) is 10.4 Å². The smallest absolute Gasteiger partial charge is 0.152 e. The molecule has 1 aromatic heterocycles. The Morgan fingerprint density at radius 2 is 1.87 bits per heavy atom. The number of ether oxygens (including phenoxy) is 1. The highest BCUT2D eigenvalue weighted by atomic mass is 16.5. The van der Waals surface area contributed by atoms with Crippen LogP contribution in [0.1, 0.15) is 24.8 Å². The van der Waals surface area contributed by atoms with Crippen molar-refractivity contribution in [2.45, 2.75) is 19.3 Å². The number of benzene rings is 2. The molecule has 1 N–H and O–H groups in total. The first-order valence-electron chi connectivity index (χ1n) is 10.3. The van der Waals surface area contributed by atoms with Crippen LogP contribution in [0.2, 0.25) is 0 Å². The highest BCUT2D eigenvalue weighted by Crippen LogP contribution is 2.38. The van der Waals surface area contributed by atoms with Crippen molar-refractivity contribution in [2.75, 3.05) is 32.1 Å². The Morgan fingerprint density at radius 3 is 2.53 bits per heavy atom. The zero-order valence-electron chi connectivity index (χ0n) is 17.6. The number of nitrogens with one attached hydrogen (secondary N) is 1. The fourth-order valence-corrected chi connectivity index (χ4v) is 4.11. The van der Waals surface area contributed by atoms with Crippen LogP contribution in [0.5, 0.6) is 5.75 Å². The number of hydrazone groups is 1. The maximum atomic E-state index is 5.48. The van der Waals surface area contributed by atoms with Gasteiger partial charge in [-0.1, -0.05) is 30.3 Å². The lowest BCUT2D eigenvalue weighted by atomic mass is 9.94. The van der Waals surface area contributed by atoms with Crippen molar-refractivity contribution in [3.63, 3.8) is 0 Å². The van der Waals surface area contributed by atoms with Crippen molar-refractivity contribution in [3.05, 3.63) is 54.1 Å². The topological polar surface area (TPSA) is 62.1 Å². The number of amidine groups is 1. The van der Waals surface area contributed by atoms with Gasteiger partial charge in [0.1, 0.15) is 11.6 Å². The van der Waals surface area contributed by atoms with E-state index in [0.29, 0.717) is 5.84 Å². The van der Waals surface area contributed by atoms with Gasteiger partial charge in [0.15, 0.2) is 5.84 Å². The van der Waals surface area contributed by atoms with Gasteiger partial charge in [-0.25, -0.2) is 4.98 Å². The molecule has 2 heterocycles. The number of aromatic nitrogens is 1. The lowest BCUT2D eigenvalue weighted by molar-refractivity contribution is 0.415. The number of pyridine rings is 1. The van der Waals surface area contributed by atoms with Gasteiger partial charge in [-0.05, 0) is 37.0 Å². The van der Waals surface area contributed by atoms with E-state index in [1.165, 1.54) is 6.42 Å². The van der Waals surface area contributed by atoms with Crippen LogP contribution >= 0.6 is 0 Å². The van der Waals surface area contributed by atoms with Gasteiger partial charge < -0.3 is 9.64 Å². The minimum absolute atomic E-state index is 0.662. The van der Waals surface area contributed by atoms with Gasteiger partial charge in [-0.15, -0.1) is 0 Å². The van der Waals surface area contributed by atoms with E-state index in [9.17, 15) is 0 Å². The van der Waals surface area contributed by atoms with Crippen molar-refractivity contribution in [1.82, 2.24) is 10.4 Å². The first-order chi connectivity index (χ1) is 14.8. The molecule has 0 saturated carbocycles. The molecule has 6 nitrogen and oxygen atoms in total. The Hall–Kier alpha value is -3.41. The summed E-state index contributed by atoms with van der Waals surface area (Å²) < 4.78 is 5.48. The number of piperidine rings is 1. The van der Waals surface area contributed by atoms with Crippen LogP contribution in [0, 0.1) is 0 Å². The third-order valence-electron chi connectivity index (χ3n) is 5.54. The summed E-state index contributed by atoms with van der Waals surface area (Å²) in [6.45, 7) is 5.56. The molecule has 30 heavy (non-hydrogen) atoms. The monoisotopic (exact) mass is 401 g/mol. The number of aliphatic imine (C=N–C) groups is 1. The minimum Gasteiger partial charge on any atom is -0.497 e. The van der Waals surface area contributed by atoms with Gasteiger partial charge in [0.25, 0.3) is 0 Å². The summed E-state index contributed by atoms with van der Waals surface area (Å²) in [5, 5.41) is 4.96. The van der Waals surface area contributed by atoms with Gasteiger partial charge in [-0.2, -0.15) is 5.10 Å². The summed E-state index contributed by atoms with van der Waals surface area (Å²) in [6.07, 6.45) is 3.56. The van der Waals surface area contributed by atoms with Crippen LogP contribution in [-0.2, 0) is 0 Å². The largest absolute Gasteiger partial charge is 0.497 e. The standard InChI is InChI=1S/C24H27N5O/c1-25-23(28-26-2)22-21(17-10-6-4-7-11-17)19-13-12-18(30-3)16-20(19)27-24(22)29-14-8-5-9-15-29/h4,6-7,10-13,16H,2,5,8-9,14-15H2,1,3H3,(H,25,28). The van der Waals surface area contributed by atoms with E-state index >= 15 is 0 Å². The second kappa shape index (κ2) is 8.95. The Kier molecular flexibility index (Phi) is 5.93. The molecule has 2 aromatic carbocycles. The van der Waals surface area contributed by atoms with E-state index in [0.717, 1.165) is 65.1 Å². The maximum Gasteiger partial charge on any atom is 0.152 e. The van der Waals surface area contributed by atoms with Crippen molar-refractivity contribution in [1.29, 1.82) is 0 Å². The molecule has 0 spiro atoms. The van der Waals surface area contributed by atoms with Crippen molar-refractivity contribution >= 4 is 29.3 Å². The average Bonchev–Trinajstić information content (AvgIpc) is 2.82. The Balaban J connectivity index is 2.09. The number of methoxy groups -OCH3 is 1. The van der Waals surface area contributed by atoms with E-state index < -0.39 is 0 Å². The van der Waals surface area contributed by atoms with Gasteiger partial charge in [0.05, 0.1) is 18.2 Å². The molecular weight excluding hydrogens is 374 g/mol. The summed E-state index contributed by atoms with van der Waals surface area (Å²) in [5.41, 5.74) is 7.05. The highest BCUT2D eigenvalue weighted by Gasteiger charge is 2.25. The van der Waals surface area contributed by atoms with E-state index in [1.807, 2.05) is 18.2 Å². The molecule has 0 amide bonds. The van der Waals surface area contributed by atoms with Crippen LogP contribution in [0.15, 0.2) is 58.6 Å². The highest BCUT2D eigenvalue weighted by molar-refractivity contribution is 6.14. The van der Waals surface area contributed by atoms with Crippen LogP contribution in [0.3, 0.4) is 0 Å². The molecule has 1 fully saturated rings. The predicted molar refractivity (Wildman–Crippen MR) is 125 cm³/mol. The molecule has 0 aliphatic carbocycles. The summed E-state index contributed by atoms with van der Waals surface area (Å²) in [4.78, 5) is 12.0. The third-order valence-corrected chi connectivity index (χ3v) is 5.54. The molecule has 1 aliphatic heterocycles. The zero-order valence-corrected chi connectivity index (χ0v) is 17.6. The van der Waals surface area contributed by atoms with E-state index in [-0.39, 0.29) is 0 Å².